The van der Waals surface area contributed by atoms with Gasteiger partial charge in [0.25, 0.3) is 0 Å². The lowest BCUT2D eigenvalue weighted by Gasteiger charge is -2.10. The quantitative estimate of drug-likeness (QED) is 0.690. The number of rotatable bonds is 5. The largest absolute Gasteiger partial charge is 0.507 e. The molecule has 3 aromatic rings. The third kappa shape index (κ3) is 2.71. The van der Waals surface area contributed by atoms with Gasteiger partial charge in [-0.15, -0.1) is 0 Å². The van der Waals surface area contributed by atoms with Gasteiger partial charge in [0.15, 0.2) is 0 Å². The molecule has 0 aliphatic heterocycles. The van der Waals surface area contributed by atoms with Gasteiger partial charge in [-0.1, -0.05) is 38.0 Å². The van der Waals surface area contributed by atoms with Crippen LogP contribution >= 0.6 is 0 Å². The summed E-state index contributed by atoms with van der Waals surface area (Å²) in [5, 5.41) is 14.6. The van der Waals surface area contributed by atoms with Crippen molar-refractivity contribution in [2.75, 3.05) is 0 Å². The molecule has 0 saturated heterocycles. The number of aryl methyl sites for hydroxylation is 2. The zero-order valence-corrected chi connectivity index (χ0v) is 13.2. The van der Waals surface area contributed by atoms with Crippen molar-refractivity contribution in [1.29, 1.82) is 0 Å². The lowest BCUT2D eigenvalue weighted by atomic mass is 10.0. The van der Waals surface area contributed by atoms with Crippen molar-refractivity contribution in [3.05, 3.63) is 53.9 Å². The normalized spacial score (nSPS) is 11.2. The highest BCUT2D eigenvalue weighted by Crippen LogP contribution is 2.31. The Bertz CT molecular complexity index is 789. The first-order valence-corrected chi connectivity index (χ1v) is 7.96. The number of phenols is 1. The van der Waals surface area contributed by atoms with Crippen molar-refractivity contribution in [2.45, 2.75) is 39.5 Å². The van der Waals surface area contributed by atoms with Gasteiger partial charge in [-0.2, -0.15) is 5.10 Å². The number of hydrogen-bond donors (Lipinski definition) is 1. The van der Waals surface area contributed by atoms with Crippen LogP contribution in [-0.4, -0.2) is 14.7 Å². The molecule has 0 radical (unpaired) electrons. The second kappa shape index (κ2) is 6.22. The van der Waals surface area contributed by atoms with E-state index in [2.05, 4.69) is 31.1 Å². The molecule has 3 nitrogen and oxygen atoms in total. The van der Waals surface area contributed by atoms with Gasteiger partial charge in [0.05, 0.1) is 11.7 Å². The summed E-state index contributed by atoms with van der Waals surface area (Å²) >= 11 is 0. The molecule has 3 heteroatoms. The number of nitrogens with zero attached hydrogens (tertiary/aromatic N) is 2. The third-order valence-corrected chi connectivity index (χ3v) is 4.14. The fourth-order valence-electron chi connectivity index (χ4n) is 2.88. The minimum Gasteiger partial charge on any atom is -0.507 e. The number of phenolic OH excluding ortho intramolecular Hbond substituents is 1. The molecule has 114 valence electrons. The summed E-state index contributed by atoms with van der Waals surface area (Å²) < 4.78 is 2.04. The lowest BCUT2D eigenvalue weighted by Crippen LogP contribution is -2.00. The number of unbranched alkanes of at least 4 members (excludes halogenated alkanes) is 2. The van der Waals surface area contributed by atoms with Crippen LogP contribution in [0.1, 0.15) is 37.4 Å². The van der Waals surface area contributed by atoms with E-state index in [1.54, 1.807) is 6.07 Å². The molecule has 0 aliphatic carbocycles. The van der Waals surface area contributed by atoms with E-state index in [-0.39, 0.29) is 0 Å². The lowest BCUT2D eigenvalue weighted by molar-refractivity contribution is 0.477. The maximum Gasteiger partial charge on any atom is 0.123 e. The predicted octanol–water partition coefficient (Wildman–Crippen LogP) is 4.75. The van der Waals surface area contributed by atoms with Gasteiger partial charge in [-0.05, 0) is 49.1 Å². The molecule has 0 fully saturated rings. The molecule has 0 saturated carbocycles. The first-order chi connectivity index (χ1) is 10.7. The summed E-state index contributed by atoms with van der Waals surface area (Å²) in [4.78, 5) is 0. The number of hydrogen-bond acceptors (Lipinski definition) is 2. The Kier molecular flexibility index (Phi) is 4.14. The number of aromatic nitrogens is 2. The van der Waals surface area contributed by atoms with Crippen LogP contribution in [0.25, 0.3) is 16.6 Å². The molecule has 0 spiro atoms. The number of pyridine rings is 1. The Morgan fingerprint density at radius 3 is 2.73 bits per heavy atom. The number of benzene rings is 1. The van der Waals surface area contributed by atoms with Crippen molar-refractivity contribution in [2.24, 2.45) is 0 Å². The van der Waals surface area contributed by atoms with E-state index in [4.69, 9.17) is 0 Å². The monoisotopic (exact) mass is 294 g/mol. The van der Waals surface area contributed by atoms with Gasteiger partial charge in [-0.25, -0.2) is 4.52 Å². The van der Waals surface area contributed by atoms with Crippen LogP contribution in [0, 0.1) is 6.92 Å². The number of aromatic hydroxyl groups is 1. The maximum absolute atomic E-state index is 10.1. The van der Waals surface area contributed by atoms with E-state index < -0.39 is 0 Å². The molecule has 22 heavy (non-hydrogen) atoms. The van der Waals surface area contributed by atoms with Gasteiger partial charge < -0.3 is 5.11 Å². The van der Waals surface area contributed by atoms with Crippen molar-refractivity contribution in [3.63, 3.8) is 0 Å². The Morgan fingerprint density at radius 2 is 1.95 bits per heavy atom. The van der Waals surface area contributed by atoms with E-state index in [0.717, 1.165) is 35.0 Å². The average molecular weight is 294 g/mol. The summed E-state index contributed by atoms with van der Waals surface area (Å²) in [5.74, 6) is 0.323. The van der Waals surface area contributed by atoms with Gasteiger partial charge in [0.1, 0.15) is 5.75 Å². The van der Waals surface area contributed by atoms with Crippen molar-refractivity contribution < 1.29 is 5.11 Å². The maximum atomic E-state index is 10.1. The fraction of sp³-hybridized carbons (Fsp3) is 0.316. The standard InChI is InChI=1S/C19H22N2O/c1-3-4-5-8-16-11-15(17-9-6-7-10-19(17)22)12-18-14(2)13-20-21(16)18/h6-7,9-13,22H,3-5,8H2,1-2H3. The highest BCUT2D eigenvalue weighted by molar-refractivity contribution is 5.75. The zero-order chi connectivity index (χ0) is 15.5. The molecule has 1 N–H and O–H groups in total. The molecular weight excluding hydrogens is 272 g/mol. The highest BCUT2D eigenvalue weighted by atomic mass is 16.3. The first-order valence-electron chi connectivity index (χ1n) is 7.96. The van der Waals surface area contributed by atoms with E-state index in [0.29, 0.717) is 5.75 Å². The Labute approximate surface area is 131 Å². The summed E-state index contributed by atoms with van der Waals surface area (Å²) in [6.07, 6.45) is 6.51. The topological polar surface area (TPSA) is 37.5 Å². The average Bonchev–Trinajstić information content (AvgIpc) is 2.90. The smallest absolute Gasteiger partial charge is 0.123 e. The molecule has 2 aromatic heterocycles. The van der Waals surface area contributed by atoms with Crippen molar-refractivity contribution in [1.82, 2.24) is 9.61 Å². The minimum absolute atomic E-state index is 0.323. The molecule has 1 aromatic carbocycles. The Balaban J connectivity index is 2.11. The highest BCUT2D eigenvalue weighted by Gasteiger charge is 2.11. The molecule has 0 amide bonds. The number of para-hydroxylation sites is 1. The van der Waals surface area contributed by atoms with Crippen molar-refractivity contribution in [3.8, 4) is 16.9 Å². The number of fused-ring (bicyclic) bond motifs is 1. The molecule has 0 bridgehead atoms. The zero-order valence-electron chi connectivity index (χ0n) is 13.2. The fourth-order valence-corrected chi connectivity index (χ4v) is 2.88. The molecule has 3 rings (SSSR count). The Morgan fingerprint density at radius 1 is 1.14 bits per heavy atom. The molecule has 0 atom stereocenters. The van der Waals surface area contributed by atoms with Crippen LogP contribution in [0.3, 0.4) is 0 Å². The van der Waals surface area contributed by atoms with Crippen LogP contribution in [0.4, 0.5) is 0 Å². The van der Waals surface area contributed by atoms with Gasteiger partial charge in [0.2, 0.25) is 0 Å². The summed E-state index contributed by atoms with van der Waals surface area (Å²) in [6, 6.07) is 11.8. The van der Waals surface area contributed by atoms with Gasteiger partial charge >= 0.3 is 0 Å². The predicted molar refractivity (Wildman–Crippen MR) is 90.3 cm³/mol. The second-order valence-corrected chi connectivity index (χ2v) is 5.83. The summed E-state index contributed by atoms with van der Waals surface area (Å²) in [7, 11) is 0. The van der Waals surface area contributed by atoms with Crippen LogP contribution < -0.4 is 0 Å². The van der Waals surface area contributed by atoms with Gasteiger partial charge in [-0.3, -0.25) is 0 Å². The first kappa shape index (κ1) is 14.6. The minimum atomic E-state index is 0.323. The summed E-state index contributed by atoms with van der Waals surface area (Å²) in [6.45, 7) is 4.29. The third-order valence-electron chi connectivity index (χ3n) is 4.14. The summed E-state index contributed by atoms with van der Waals surface area (Å²) in [5.41, 5.74) is 5.42. The molecule has 0 aliphatic rings. The van der Waals surface area contributed by atoms with Crippen LogP contribution in [0.2, 0.25) is 0 Å². The van der Waals surface area contributed by atoms with Crippen molar-refractivity contribution >= 4 is 5.52 Å². The molecular formula is C19H22N2O. The molecule has 0 unspecified atom stereocenters. The van der Waals surface area contributed by atoms with Crippen LogP contribution in [-0.2, 0) is 6.42 Å². The Hall–Kier alpha value is -2.29. The molecule has 2 heterocycles. The van der Waals surface area contributed by atoms with E-state index in [1.165, 1.54) is 18.5 Å². The van der Waals surface area contributed by atoms with E-state index in [1.807, 2.05) is 28.9 Å². The van der Waals surface area contributed by atoms with E-state index in [9.17, 15) is 5.11 Å². The van der Waals surface area contributed by atoms with Crippen LogP contribution in [0.5, 0.6) is 5.75 Å². The van der Waals surface area contributed by atoms with Gasteiger partial charge in [0, 0.05) is 11.3 Å². The van der Waals surface area contributed by atoms with Crippen LogP contribution in [0.15, 0.2) is 42.6 Å². The second-order valence-electron chi connectivity index (χ2n) is 5.83. The SMILES string of the molecule is CCCCCc1cc(-c2ccccc2O)cc2c(C)cnn12. The van der Waals surface area contributed by atoms with E-state index >= 15 is 0 Å².